The molecule has 1 saturated heterocycles. The molecule has 0 aliphatic carbocycles. The summed E-state index contributed by atoms with van der Waals surface area (Å²) in [5, 5.41) is 1.01. The molecule has 5 heteroatoms. The number of hydrogen-bond donors (Lipinski definition) is 0. The highest BCUT2D eigenvalue weighted by atomic mass is 35.5. The molecule has 1 aliphatic rings. The largest absolute Gasteiger partial charge is 0.359 e. The van der Waals surface area contributed by atoms with Gasteiger partial charge in [-0.2, -0.15) is 4.84 Å². The van der Waals surface area contributed by atoms with E-state index in [4.69, 9.17) is 28.0 Å². The Morgan fingerprint density at radius 1 is 1.35 bits per heavy atom. The molecule has 92 valence electrons. The van der Waals surface area contributed by atoms with Crippen LogP contribution in [0.15, 0.2) is 18.2 Å². The second-order valence-corrected chi connectivity index (χ2v) is 5.83. The molecule has 1 aromatic carbocycles. The minimum atomic E-state index is -0.513. The van der Waals surface area contributed by atoms with Gasteiger partial charge in [-0.15, -0.1) is 0 Å². The third-order valence-corrected chi connectivity index (χ3v) is 3.57. The maximum Gasteiger partial charge on any atom is 0.359 e. The summed E-state index contributed by atoms with van der Waals surface area (Å²) in [5.74, 6) is -0.0262. The molecule has 0 saturated carbocycles. The molecule has 0 N–H and O–H groups in total. The van der Waals surface area contributed by atoms with Crippen molar-refractivity contribution in [1.82, 2.24) is 4.65 Å². The Labute approximate surface area is 110 Å². The Kier molecular flexibility index (Phi) is 2.99. The summed E-state index contributed by atoms with van der Waals surface area (Å²) < 4.78 is -0.258. The standard InChI is InChI=1S/C12H14Cl2NO2/c1-12(2)7-17-15(3,11(12)16)10-6-8(13)4-5-9(10)14/h4-6H,7H2,1-3H3/q+1. The number of carbonyl (C=O) groups is 1. The van der Waals surface area contributed by atoms with Crippen LogP contribution in [0.25, 0.3) is 0 Å². The van der Waals surface area contributed by atoms with Crippen LogP contribution in [-0.2, 0) is 9.63 Å². The maximum absolute atomic E-state index is 12.4. The van der Waals surface area contributed by atoms with E-state index in [-0.39, 0.29) is 10.6 Å². The van der Waals surface area contributed by atoms with Gasteiger partial charge < -0.3 is 0 Å². The molecule has 1 atom stereocenters. The lowest BCUT2D eigenvalue weighted by molar-refractivity contribution is -0.152. The van der Waals surface area contributed by atoms with E-state index in [0.717, 1.165) is 0 Å². The van der Waals surface area contributed by atoms with Gasteiger partial charge in [0.1, 0.15) is 24.1 Å². The number of hydrogen-bond acceptors (Lipinski definition) is 2. The van der Waals surface area contributed by atoms with Crippen molar-refractivity contribution in [2.24, 2.45) is 5.41 Å². The first kappa shape index (κ1) is 12.8. The van der Waals surface area contributed by atoms with E-state index in [9.17, 15) is 4.79 Å². The normalized spacial score (nSPS) is 27.5. The molecule has 0 radical (unpaired) electrons. The lowest BCUT2D eigenvalue weighted by Gasteiger charge is -2.24. The van der Waals surface area contributed by atoms with Gasteiger partial charge in [0.05, 0.1) is 0 Å². The van der Waals surface area contributed by atoms with Crippen molar-refractivity contribution in [1.29, 1.82) is 0 Å². The molecule has 2 rings (SSSR count). The monoisotopic (exact) mass is 274 g/mol. The first-order valence-electron chi connectivity index (χ1n) is 5.29. The number of carbonyl (C=O) groups excluding carboxylic acids is 1. The van der Waals surface area contributed by atoms with Gasteiger partial charge in [-0.3, -0.25) is 0 Å². The first-order valence-corrected chi connectivity index (χ1v) is 6.05. The van der Waals surface area contributed by atoms with Crippen molar-refractivity contribution in [3.63, 3.8) is 0 Å². The van der Waals surface area contributed by atoms with E-state index in [2.05, 4.69) is 0 Å². The highest BCUT2D eigenvalue weighted by Crippen LogP contribution is 2.41. The number of nitrogens with zero attached hydrogens (tertiary/aromatic N) is 1. The van der Waals surface area contributed by atoms with Crippen LogP contribution in [0.4, 0.5) is 5.69 Å². The molecule has 3 nitrogen and oxygen atoms in total. The van der Waals surface area contributed by atoms with Gasteiger partial charge in [0.2, 0.25) is 0 Å². The van der Waals surface area contributed by atoms with Crippen LogP contribution in [0.1, 0.15) is 13.8 Å². The fraction of sp³-hybridized carbons (Fsp3) is 0.417. The molecule has 1 unspecified atom stereocenters. The maximum atomic E-state index is 12.4. The van der Waals surface area contributed by atoms with E-state index >= 15 is 0 Å². The average Bonchev–Trinajstić information content (AvgIpc) is 2.47. The Morgan fingerprint density at radius 3 is 2.53 bits per heavy atom. The molecule has 1 aliphatic heterocycles. The predicted molar refractivity (Wildman–Crippen MR) is 68.9 cm³/mol. The summed E-state index contributed by atoms with van der Waals surface area (Å²) in [5.41, 5.74) is 0.0650. The minimum absolute atomic E-state index is 0.0262. The predicted octanol–water partition coefficient (Wildman–Crippen LogP) is 3.43. The molecule has 0 bridgehead atoms. The van der Waals surface area contributed by atoms with Crippen molar-refractivity contribution in [3.8, 4) is 0 Å². The molecule has 0 spiro atoms. The molecule has 1 aromatic rings. The van der Waals surface area contributed by atoms with Crippen molar-refractivity contribution in [2.45, 2.75) is 13.8 Å². The smallest absolute Gasteiger partial charge is 0.226 e. The van der Waals surface area contributed by atoms with Gasteiger partial charge in [-0.1, -0.05) is 27.8 Å². The van der Waals surface area contributed by atoms with E-state index in [1.54, 1.807) is 25.2 Å². The van der Waals surface area contributed by atoms with Gasteiger partial charge in [0.25, 0.3) is 0 Å². The van der Waals surface area contributed by atoms with E-state index in [0.29, 0.717) is 22.3 Å². The minimum Gasteiger partial charge on any atom is -0.226 e. The van der Waals surface area contributed by atoms with Crippen molar-refractivity contribution in [3.05, 3.63) is 28.2 Å². The summed E-state index contributed by atoms with van der Waals surface area (Å²) in [6, 6.07) is 5.03. The summed E-state index contributed by atoms with van der Waals surface area (Å²) in [7, 11) is 1.69. The van der Waals surface area contributed by atoms with Gasteiger partial charge in [-0.25, -0.2) is 4.79 Å². The summed E-state index contributed by atoms with van der Waals surface area (Å²) >= 11 is 12.1. The molecule has 1 amide bonds. The van der Waals surface area contributed by atoms with Crippen LogP contribution in [0, 0.1) is 5.41 Å². The molecule has 1 heterocycles. The summed E-state index contributed by atoms with van der Waals surface area (Å²) in [4.78, 5) is 18.0. The molecule has 1 fully saturated rings. The van der Waals surface area contributed by atoms with Crippen LogP contribution in [0.2, 0.25) is 10.0 Å². The van der Waals surface area contributed by atoms with Crippen LogP contribution in [-0.4, -0.2) is 19.6 Å². The number of quaternary nitrogens is 1. The van der Waals surface area contributed by atoms with E-state index in [1.807, 2.05) is 13.8 Å². The summed E-state index contributed by atoms with van der Waals surface area (Å²) in [6.07, 6.45) is 0. The number of halogens is 2. The zero-order chi connectivity index (χ0) is 12.8. The van der Waals surface area contributed by atoms with Gasteiger partial charge >= 0.3 is 5.91 Å². The highest BCUT2D eigenvalue weighted by Gasteiger charge is 2.55. The molecular formula is C12H14Cl2NO2+. The third kappa shape index (κ3) is 1.97. The first-order chi connectivity index (χ1) is 7.77. The van der Waals surface area contributed by atoms with Gasteiger partial charge in [0, 0.05) is 11.1 Å². The molecular weight excluding hydrogens is 261 g/mol. The van der Waals surface area contributed by atoms with Crippen molar-refractivity contribution < 1.29 is 9.63 Å². The number of amides is 1. The van der Waals surface area contributed by atoms with Crippen molar-refractivity contribution >= 4 is 34.8 Å². The van der Waals surface area contributed by atoms with Crippen LogP contribution >= 0.6 is 23.2 Å². The fourth-order valence-electron chi connectivity index (χ4n) is 1.98. The Hall–Kier alpha value is -0.610. The van der Waals surface area contributed by atoms with E-state index < -0.39 is 5.41 Å². The highest BCUT2D eigenvalue weighted by molar-refractivity contribution is 6.35. The number of hydroxylamine groups is 2. The van der Waals surface area contributed by atoms with Crippen LogP contribution in [0.5, 0.6) is 0 Å². The van der Waals surface area contributed by atoms with Gasteiger partial charge in [-0.05, 0) is 26.0 Å². The molecule has 17 heavy (non-hydrogen) atoms. The number of benzene rings is 1. The topological polar surface area (TPSA) is 26.3 Å². The fourth-order valence-corrected chi connectivity index (χ4v) is 2.43. The Morgan fingerprint density at radius 2 is 2.00 bits per heavy atom. The lowest BCUT2D eigenvalue weighted by atomic mass is 9.94. The lowest BCUT2D eigenvalue weighted by Crippen LogP contribution is -2.48. The SMILES string of the molecule is CC1(C)CO[N+](C)(c2cc(Cl)ccc2Cl)C1=O. The zero-order valence-electron chi connectivity index (χ0n) is 9.96. The van der Waals surface area contributed by atoms with Crippen LogP contribution in [0.3, 0.4) is 0 Å². The summed E-state index contributed by atoms with van der Waals surface area (Å²) in [6.45, 7) is 4.08. The van der Waals surface area contributed by atoms with E-state index in [1.165, 1.54) is 0 Å². The Balaban J connectivity index is 2.53. The second-order valence-electron chi connectivity index (χ2n) is 4.98. The average molecular weight is 275 g/mol. The third-order valence-electron chi connectivity index (χ3n) is 3.02. The Bertz CT molecular complexity index is 487. The zero-order valence-corrected chi connectivity index (χ0v) is 11.5. The molecule has 0 aromatic heterocycles. The van der Waals surface area contributed by atoms with Crippen LogP contribution < -0.4 is 4.65 Å². The van der Waals surface area contributed by atoms with Crippen molar-refractivity contribution in [2.75, 3.05) is 13.7 Å². The second kappa shape index (κ2) is 3.95. The quantitative estimate of drug-likeness (QED) is 0.734. The van der Waals surface area contributed by atoms with Gasteiger partial charge in [0.15, 0.2) is 5.69 Å². The number of rotatable bonds is 1.